The van der Waals surface area contributed by atoms with Crippen LogP contribution in [0, 0.1) is 0 Å². The largest absolute Gasteiger partial charge is 0.383 e. The van der Waals surface area contributed by atoms with Crippen LogP contribution in [0.25, 0.3) is 0 Å². The van der Waals surface area contributed by atoms with Crippen LogP contribution in [0.5, 0.6) is 0 Å². The zero-order chi connectivity index (χ0) is 15.3. The summed E-state index contributed by atoms with van der Waals surface area (Å²) in [6.07, 6.45) is 2.85. The van der Waals surface area contributed by atoms with E-state index >= 15 is 0 Å². The van der Waals surface area contributed by atoms with E-state index in [9.17, 15) is 8.42 Å². The lowest BCUT2D eigenvalue weighted by Crippen LogP contribution is -2.52. The van der Waals surface area contributed by atoms with Crippen LogP contribution in [0.2, 0.25) is 0 Å². The third-order valence-electron chi connectivity index (χ3n) is 4.00. The molecule has 1 heterocycles. The van der Waals surface area contributed by atoms with Crippen LogP contribution >= 0.6 is 12.4 Å². The van der Waals surface area contributed by atoms with Gasteiger partial charge in [0.2, 0.25) is 10.0 Å². The quantitative estimate of drug-likeness (QED) is 0.787. The number of aryl methyl sites for hydroxylation is 1. The second-order valence-corrected chi connectivity index (χ2v) is 7.33. The zero-order valence-electron chi connectivity index (χ0n) is 13.1. The van der Waals surface area contributed by atoms with E-state index in [1.165, 1.54) is 0 Å². The monoisotopic (exact) mass is 348 g/mol. The molecule has 0 radical (unpaired) electrons. The average molecular weight is 349 g/mol. The highest BCUT2D eigenvalue weighted by atomic mass is 35.5. The maximum Gasteiger partial charge on any atom is 0.240 e. The zero-order valence-corrected chi connectivity index (χ0v) is 14.7. The molecular weight excluding hydrogens is 324 g/mol. The lowest BCUT2D eigenvalue weighted by molar-refractivity contribution is 0.122. The van der Waals surface area contributed by atoms with Crippen molar-refractivity contribution in [3.63, 3.8) is 0 Å². The smallest absolute Gasteiger partial charge is 0.240 e. The van der Waals surface area contributed by atoms with Gasteiger partial charge < -0.3 is 10.1 Å². The van der Waals surface area contributed by atoms with Crippen molar-refractivity contribution in [2.24, 2.45) is 0 Å². The van der Waals surface area contributed by atoms with Crippen LogP contribution in [0.1, 0.15) is 25.3 Å². The highest BCUT2D eigenvalue weighted by molar-refractivity contribution is 7.89. The summed E-state index contributed by atoms with van der Waals surface area (Å²) in [7, 11) is -1.84. The predicted octanol–water partition coefficient (Wildman–Crippen LogP) is 1.72. The maximum absolute atomic E-state index is 12.4. The van der Waals surface area contributed by atoms with Gasteiger partial charge in [-0.15, -0.1) is 12.4 Å². The van der Waals surface area contributed by atoms with Crippen LogP contribution in [0.15, 0.2) is 29.2 Å². The topological polar surface area (TPSA) is 67.4 Å². The molecule has 126 valence electrons. The van der Waals surface area contributed by atoms with Gasteiger partial charge in [0.05, 0.1) is 17.0 Å². The fourth-order valence-electron chi connectivity index (χ4n) is 2.69. The SMILES string of the molecule is CCc1ccc(S(=O)(=O)NCC2(COC)CCCN2)cc1.Cl. The van der Waals surface area contributed by atoms with Crippen LogP contribution in [-0.2, 0) is 21.2 Å². The summed E-state index contributed by atoms with van der Waals surface area (Å²) < 4.78 is 32.7. The summed E-state index contributed by atoms with van der Waals surface area (Å²) >= 11 is 0. The van der Waals surface area contributed by atoms with Gasteiger partial charge in [-0.25, -0.2) is 13.1 Å². The van der Waals surface area contributed by atoms with Gasteiger partial charge in [-0.1, -0.05) is 19.1 Å². The number of ether oxygens (including phenoxy) is 1. The van der Waals surface area contributed by atoms with E-state index in [-0.39, 0.29) is 17.9 Å². The van der Waals surface area contributed by atoms with E-state index in [4.69, 9.17) is 4.74 Å². The first-order chi connectivity index (χ1) is 10.0. The minimum Gasteiger partial charge on any atom is -0.383 e. The first-order valence-corrected chi connectivity index (χ1v) is 8.82. The number of sulfonamides is 1. The van der Waals surface area contributed by atoms with Crippen molar-refractivity contribution in [2.45, 2.75) is 36.6 Å². The Kier molecular flexibility index (Phi) is 7.28. The standard InChI is InChI=1S/C15H24N2O3S.ClH/c1-3-13-5-7-14(8-6-13)21(18,19)17-11-15(12-20-2)9-4-10-16-15;/h5-8,16-17H,3-4,9-12H2,1-2H3;1H. The molecule has 0 bridgehead atoms. The Hall–Kier alpha value is -0.660. The number of methoxy groups -OCH3 is 1. The van der Waals surface area contributed by atoms with E-state index in [0.29, 0.717) is 18.0 Å². The van der Waals surface area contributed by atoms with E-state index < -0.39 is 10.0 Å². The Morgan fingerprint density at radius 3 is 2.50 bits per heavy atom. The third-order valence-corrected chi connectivity index (χ3v) is 5.41. The number of hydrogen-bond acceptors (Lipinski definition) is 4. The van der Waals surface area contributed by atoms with Gasteiger partial charge in [-0.05, 0) is 43.5 Å². The summed E-state index contributed by atoms with van der Waals surface area (Å²) in [5, 5.41) is 3.36. The molecule has 1 aliphatic rings. The molecule has 2 N–H and O–H groups in total. The molecular formula is C15H25ClN2O3S. The van der Waals surface area contributed by atoms with Crippen molar-refractivity contribution in [1.29, 1.82) is 0 Å². The molecule has 1 unspecified atom stereocenters. The van der Waals surface area contributed by atoms with E-state index in [0.717, 1.165) is 31.4 Å². The number of benzene rings is 1. The highest BCUT2D eigenvalue weighted by Crippen LogP contribution is 2.20. The Morgan fingerprint density at radius 1 is 1.32 bits per heavy atom. The summed E-state index contributed by atoms with van der Waals surface area (Å²) in [5.41, 5.74) is 0.841. The van der Waals surface area contributed by atoms with E-state index in [1.807, 2.05) is 19.1 Å². The Balaban J connectivity index is 0.00000242. The maximum atomic E-state index is 12.4. The summed E-state index contributed by atoms with van der Waals surface area (Å²) in [6.45, 7) is 3.79. The Labute approximate surface area is 139 Å². The highest BCUT2D eigenvalue weighted by Gasteiger charge is 2.34. The molecule has 2 rings (SSSR count). The Bertz CT molecular complexity index is 555. The molecule has 1 aromatic rings. The third kappa shape index (κ3) is 4.67. The molecule has 1 aromatic carbocycles. The van der Waals surface area contributed by atoms with Gasteiger partial charge >= 0.3 is 0 Å². The lowest BCUT2D eigenvalue weighted by atomic mass is 9.99. The minimum atomic E-state index is -3.47. The number of rotatable bonds is 7. The molecule has 22 heavy (non-hydrogen) atoms. The summed E-state index contributed by atoms with van der Waals surface area (Å²) in [6, 6.07) is 7.03. The van der Waals surface area contributed by atoms with Gasteiger partial charge in [-0.3, -0.25) is 0 Å². The molecule has 1 fully saturated rings. The second-order valence-electron chi connectivity index (χ2n) is 5.57. The molecule has 5 nitrogen and oxygen atoms in total. The fourth-order valence-corrected chi connectivity index (χ4v) is 3.82. The number of hydrogen-bond donors (Lipinski definition) is 2. The predicted molar refractivity (Wildman–Crippen MR) is 90.1 cm³/mol. The average Bonchev–Trinajstić information content (AvgIpc) is 2.95. The molecule has 7 heteroatoms. The molecule has 0 amide bonds. The van der Waals surface area contributed by atoms with Gasteiger partial charge in [0.25, 0.3) is 0 Å². The normalized spacial score (nSPS) is 21.5. The second kappa shape index (κ2) is 8.26. The van der Waals surface area contributed by atoms with Crippen molar-refractivity contribution in [1.82, 2.24) is 10.0 Å². The number of nitrogens with one attached hydrogen (secondary N) is 2. The molecule has 1 atom stereocenters. The van der Waals surface area contributed by atoms with Crippen molar-refractivity contribution in [2.75, 3.05) is 26.8 Å². The summed E-state index contributed by atoms with van der Waals surface area (Å²) in [5.74, 6) is 0. The van der Waals surface area contributed by atoms with E-state index in [2.05, 4.69) is 10.0 Å². The van der Waals surface area contributed by atoms with Gasteiger partial charge in [0.1, 0.15) is 0 Å². The minimum absolute atomic E-state index is 0. The van der Waals surface area contributed by atoms with Crippen LogP contribution in [-0.4, -0.2) is 40.8 Å². The molecule has 0 spiro atoms. The Morgan fingerprint density at radius 2 is 2.00 bits per heavy atom. The first kappa shape index (κ1) is 19.4. The molecule has 0 aromatic heterocycles. The van der Waals surface area contributed by atoms with E-state index in [1.54, 1.807) is 19.2 Å². The molecule has 1 aliphatic heterocycles. The van der Waals surface area contributed by atoms with Crippen molar-refractivity contribution >= 4 is 22.4 Å². The van der Waals surface area contributed by atoms with Crippen molar-refractivity contribution in [3.8, 4) is 0 Å². The molecule has 0 aliphatic carbocycles. The van der Waals surface area contributed by atoms with Gasteiger partial charge in [-0.2, -0.15) is 0 Å². The molecule has 0 saturated carbocycles. The first-order valence-electron chi connectivity index (χ1n) is 7.34. The fraction of sp³-hybridized carbons (Fsp3) is 0.600. The van der Waals surface area contributed by atoms with Crippen LogP contribution in [0.4, 0.5) is 0 Å². The van der Waals surface area contributed by atoms with Crippen LogP contribution in [0.3, 0.4) is 0 Å². The van der Waals surface area contributed by atoms with Gasteiger partial charge in [0.15, 0.2) is 0 Å². The number of halogens is 1. The van der Waals surface area contributed by atoms with Crippen molar-refractivity contribution in [3.05, 3.63) is 29.8 Å². The van der Waals surface area contributed by atoms with Crippen molar-refractivity contribution < 1.29 is 13.2 Å². The van der Waals surface area contributed by atoms with Crippen LogP contribution < -0.4 is 10.0 Å². The molecule has 1 saturated heterocycles. The summed E-state index contributed by atoms with van der Waals surface area (Å²) in [4.78, 5) is 0.310. The van der Waals surface area contributed by atoms with Gasteiger partial charge in [0, 0.05) is 13.7 Å². The lowest BCUT2D eigenvalue weighted by Gasteiger charge is -2.28.